The summed E-state index contributed by atoms with van der Waals surface area (Å²) < 4.78 is 2.28. The second-order valence-corrected chi connectivity index (χ2v) is 8.17. The molecule has 2 aromatic carbocycles. The molecule has 0 radical (unpaired) electrons. The van der Waals surface area contributed by atoms with E-state index in [1.165, 1.54) is 16.8 Å². The summed E-state index contributed by atoms with van der Waals surface area (Å²) in [5, 5.41) is 0. The molecule has 142 valence electrons. The first kappa shape index (κ1) is 17.3. The molecule has 0 spiro atoms. The minimum absolute atomic E-state index is 0.167. The van der Waals surface area contributed by atoms with Crippen molar-refractivity contribution < 1.29 is 4.79 Å². The van der Waals surface area contributed by atoms with E-state index in [1.54, 1.807) is 0 Å². The van der Waals surface area contributed by atoms with Gasteiger partial charge in [0, 0.05) is 30.4 Å². The highest BCUT2D eigenvalue weighted by molar-refractivity contribution is 5.83. The SMILES string of the molecule is O=C(C1CC1c1ccccc1)N(Cc1cccn1Cc1ccccc1)C1CC1. The van der Waals surface area contributed by atoms with Crippen molar-refractivity contribution in [3.05, 3.63) is 95.8 Å². The lowest BCUT2D eigenvalue weighted by Crippen LogP contribution is -2.34. The molecule has 2 fully saturated rings. The number of rotatable bonds is 7. The predicted octanol–water partition coefficient (Wildman–Crippen LogP) is 4.83. The van der Waals surface area contributed by atoms with Crippen molar-refractivity contribution in [3.63, 3.8) is 0 Å². The molecule has 2 saturated carbocycles. The number of carbonyl (C=O) groups excluding carboxylic acids is 1. The Kier molecular flexibility index (Phi) is 4.52. The van der Waals surface area contributed by atoms with Gasteiger partial charge >= 0.3 is 0 Å². The topological polar surface area (TPSA) is 25.2 Å². The summed E-state index contributed by atoms with van der Waals surface area (Å²) >= 11 is 0. The summed E-state index contributed by atoms with van der Waals surface area (Å²) in [5.74, 6) is 0.926. The van der Waals surface area contributed by atoms with Crippen LogP contribution in [0.2, 0.25) is 0 Å². The molecule has 2 atom stereocenters. The van der Waals surface area contributed by atoms with E-state index >= 15 is 0 Å². The Bertz CT molecular complexity index is 943. The zero-order valence-corrected chi connectivity index (χ0v) is 16.1. The Balaban J connectivity index is 1.30. The zero-order chi connectivity index (χ0) is 18.9. The number of aromatic nitrogens is 1. The summed E-state index contributed by atoms with van der Waals surface area (Å²) in [5.41, 5.74) is 3.82. The molecular weight excluding hydrogens is 344 g/mol. The van der Waals surface area contributed by atoms with Crippen LogP contribution in [-0.4, -0.2) is 21.4 Å². The normalized spacial score (nSPS) is 20.7. The Morgan fingerprint density at radius 1 is 0.929 bits per heavy atom. The van der Waals surface area contributed by atoms with Crippen LogP contribution in [0.15, 0.2) is 79.0 Å². The molecule has 2 unspecified atom stereocenters. The van der Waals surface area contributed by atoms with E-state index in [9.17, 15) is 4.79 Å². The van der Waals surface area contributed by atoms with Gasteiger partial charge in [-0.1, -0.05) is 60.7 Å². The molecule has 0 bridgehead atoms. The van der Waals surface area contributed by atoms with Crippen LogP contribution < -0.4 is 0 Å². The highest BCUT2D eigenvalue weighted by Crippen LogP contribution is 2.49. The third-order valence-electron chi connectivity index (χ3n) is 6.06. The van der Waals surface area contributed by atoms with Gasteiger partial charge in [-0.2, -0.15) is 0 Å². The number of hydrogen-bond donors (Lipinski definition) is 0. The minimum atomic E-state index is 0.167. The fraction of sp³-hybridized carbons (Fsp3) is 0.320. The van der Waals surface area contributed by atoms with E-state index in [0.29, 0.717) is 17.9 Å². The summed E-state index contributed by atoms with van der Waals surface area (Å²) in [6.45, 7) is 1.58. The van der Waals surface area contributed by atoms with Crippen molar-refractivity contribution in [2.45, 2.75) is 44.3 Å². The van der Waals surface area contributed by atoms with E-state index < -0.39 is 0 Å². The molecule has 3 nitrogen and oxygen atoms in total. The first-order valence-electron chi connectivity index (χ1n) is 10.3. The van der Waals surface area contributed by atoms with Crippen molar-refractivity contribution in [2.75, 3.05) is 0 Å². The number of benzene rings is 2. The fourth-order valence-electron chi connectivity index (χ4n) is 4.22. The quantitative estimate of drug-likeness (QED) is 0.585. The summed E-state index contributed by atoms with van der Waals surface area (Å²) in [6.07, 6.45) is 5.42. The number of amides is 1. The maximum atomic E-state index is 13.3. The van der Waals surface area contributed by atoms with E-state index in [4.69, 9.17) is 0 Å². The van der Waals surface area contributed by atoms with Crippen LogP contribution in [-0.2, 0) is 17.9 Å². The van der Waals surface area contributed by atoms with Gasteiger partial charge in [-0.15, -0.1) is 0 Å². The first-order valence-corrected chi connectivity index (χ1v) is 10.3. The zero-order valence-electron chi connectivity index (χ0n) is 16.1. The van der Waals surface area contributed by atoms with Gasteiger partial charge in [0.1, 0.15) is 0 Å². The van der Waals surface area contributed by atoms with E-state index in [2.05, 4.69) is 76.3 Å². The molecule has 2 aliphatic carbocycles. The van der Waals surface area contributed by atoms with Gasteiger partial charge in [0.25, 0.3) is 0 Å². The summed E-state index contributed by atoms with van der Waals surface area (Å²) in [6, 6.07) is 25.7. The molecule has 3 heteroatoms. The first-order chi connectivity index (χ1) is 13.8. The maximum Gasteiger partial charge on any atom is 0.226 e. The van der Waals surface area contributed by atoms with Crippen molar-refractivity contribution in [2.24, 2.45) is 5.92 Å². The van der Waals surface area contributed by atoms with Crippen LogP contribution >= 0.6 is 0 Å². The smallest absolute Gasteiger partial charge is 0.226 e. The Hall–Kier alpha value is -2.81. The van der Waals surface area contributed by atoms with Crippen molar-refractivity contribution in [3.8, 4) is 0 Å². The third-order valence-corrected chi connectivity index (χ3v) is 6.06. The van der Waals surface area contributed by atoms with Crippen LogP contribution in [0.25, 0.3) is 0 Å². The van der Waals surface area contributed by atoms with Crippen LogP contribution in [0, 0.1) is 5.92 Å². The highest BCUT2D eigenvalue weighted by Gasteiger charge is 2.48. The number of carbonyl (C=O) groups is 1. The lowest BCUT2D eigenvalue weighted by molar-refractivity contribution is -0.134. The van der Waals surface area contributed by atoms with Crippen molar-refractivity contribution >= 4 is 5.91 Å². The Labute approximate surface area is 166 Å². The minimum Gasteiger partial charge on any atom is -0.345 e. The standard InChI is InChI=1S/C25H26N2O/c28-25(24-16-23(24)20-10-5-2-6-11-20)27(21-13-14-21)18-22-12-7-15-26(22)17-19-8-3-1-4-9-19/h1-12,15,21,23-24H,13-14,16-18H2. The predicted molar refractivity (Wildman–Crippen MR) is 111 cm³/mol. The number of hydrogen-bond acceptors (Lipinski definition) is 1. The van der Waals surface area contributed by atoms with Gasteiger partial charge < -0.3 is 9.47 Å². The van der Waals surface area contributed by atoms with Gasteiger partial charge in [-0.3, -0.25) is 4.79 Å². The lowest BCUT2D eigenvalue weighted by Gasteiger charge is -2.24. The largest absolute Gasteiger partial charge is 0.345 e. The van der Waals surface area contributed by atoms with Crippen molar-refractivity contribution in [1.29, 1.82) is 0 Å². The summed E-state index contributed by atoms with van der Waals surface area (Å²) in [7, 11) is 0. The highest BCUT2D eigenvalue weighted by atomic mass is 16.2. The molecule has 1 heterocycles. The van der Waals surface area contributed by atoms with E-state index in [1.807, 2.05) is 12.1 Å². The average molecular weight is 370 g/mol. The van der Waals surface area contributed by atoms with E-state index in [0.717, 1.165) is 32.4 Å². The average Bonchev–Trinajstić information content (AvgIpc) is 3.66. The molecule has 2 aliphatic rings. The maximum absolute atomic E-state index is 13.3. The second kappa shape index (κ2) is 7.31. The van der Waals surface area contributed by atoms with Crippen LogP contribution in [0.4, 0.5) is 0 Å². The number of nitrogens with zero attached hydrogens (tertiary/aromatic N) is 2. The molecule has 0 saturated heterocycles. The molecule has 1 amide bonds. The van der Waals surface area contributed by atoms with Crippen LogP contribution in [0.5, 0.6) is 0 Å². The molecule has 3 aromatic rings. The molecule has 0 N–H and O–H groups in total. The van der Waals surface area contributed by atoms with Gasteiger partial charge in [0.15, 0.2) is 0 Å². The summed E-state index contributed by atoms with van der Waals surface area (Å²) in [4.78, 5) is 15.4. The molecule has 1 aromatic heterocycles. The molecule has 5 rings (SSSR count). The van der Waals surface area contributed by atoms with Gasteiger partial charge in [-0.25, -0.2) is 0 Å². The molecule has 28 heavy (non-hydrogen) atoms. The Morgan fingerprint density at radius 2 is 1.64 bits per heavy atom. The van der Waals surface area contributed by atoms with Gasteiger partial charge in [-0.05, 0) is 48.4 Å². The fourth-order valence-corrected chi connectivity index (χ4v) is 4.22. The van der Waals surface area contributed by atoms with Crippen LogP contribution in [0.3, 0.4) is 0 Å². The van der Waals surface area contributed by atoms with Crippen LogP contribution in [0.1, 0.15) is 42.0 Å². The Morgan fingerprint density at radius 3 is 2.36 bits per heavy atom. The second-order valence-electron chi connectivity index (χ2n) is 8.17. The van der Waals surface area contributed by atoms with E-state index in [-0.39, 0.29) is 5.92 Å². The van der Waals surface area contributed by atoms with Crippen molar-refractivity contribution in [1.82, 2.24) is 9.47 Å². The van der Waals surface area contributed by atoms with Gasteiger partial charge in [0.05, 0.1) is 6.54 Å². The monoisotopic (exact) mass is 370 g/mol. The molecular formula is C25H26N2O. The third kappa shape index (κ3) is 3.62. The lowest BCUT2D eigenvalue weighted by atomic mass is 10.1. The molecule has 0 aliphatic heterocycles. The van der Waals surface area contributed by atoms with Gasteiger partial charge in [0.2, 0.25) is 5.91 Å².